The quantitative estimate of drug-likeness (QED) is 0.213. The first-order valence-electron chi connectivity index (χ1n) is 10.8. The van der Waals surface area contributed by atoms with Gasteiger partial charge in [-0.05, 0) is 32.1 Å². The molecule has 1 rings (SSSR count). The van der Waals surface area contributed by atoms with Crippen LogP contribution >= 0.6 is 0 Å². The summed E-state index contributed by atoms with van der Waals surface area (Å²) in [6.45, 7) is 3.35. The van der Waals surface area contributed by atoms with Crippen LogP contribution in [0.15, 0.2) is 29.5 Å². The maximum Gasteiger partial charge on any atom is 0.360 e. The fourth-order valence-electron chi connectivity index (χ4n) is 3.63. The lowest BCUT2D eigenvalue weighted by Gasteiger charge is -2.30. The first-order valence-corrected chi connectivity index (χ1v) is 10.8. The zero-order valence-electron chi connectivity index (χ0n) is 17.2. The van der Waals surface area contributed by atoms with Crippen molar-refractivity contribution in [3.8, 4) is 0 Å². The SMILES string of the molecule is CCCCC/C=C/CCCCCCCCC1=NC=C[N+]1(CCN)CC(=O)O. The second-order valence-electron chi connectivity index (χ2n) is 7.57. The Morgan fingerprint density at radius 2 is 1.70 bits per heavy atom. The number of aliphatic imine (C=N–C) groups is 1. The molecule has 1 aliphatic rings. The highest BCUT2D eigenvalue weighted by molar-refractivity contribution is 5.81. The molecule has 0 amide bonds. The molecule has 5 heteroatoms. The third-order valence-corrected chi connectivity index (χ3v) is 5.20. The largest absolute Gasteiger partial charge is 0.477 e. The number of amidine groups is 1. The van der Waals surface area contributed by atoms with E-state index in [4.69, 9.17) is 5.73 Å². The number of carboxylic acid groups (broad SMARTS) is 1. The molecule has 0 aromatic rings. The van der Waals surface area contributed by atoms with Crippen molar-refractivity contribution in [3.63, 3.8) is 0 Å². The van der Waals surface area contributed by atoms with E-state index < -0.39 is 5.97 Å². The first-order chi connectivity index (χ1) is 13.1. The maximum atomic E-state index is 11.2. The minimum atomic E-state index is -0.804. The smallest absolute Gasteiger partial charge is 0.360 e. The molecule has 1 heterocycles. The molecular formula is C22H40N3O2+. The Balaban J connectivity index is 2.10. The number of quaternary nitrogens is 1. The summed E-state index contributed by atoms with van der Waals surface area (Å²) in [6.07, 6.45) is 23.0. The van der Waals surface area contributed by atoms with Gasteiger partial charge in [-0.25, -0.2) is 14.3 Å². The number of nitrogens with two attached hydrogens (primary N) is 1. The lowest BCUT2D eigenvalue weighted by atomic mass is 10.1. The van der Waals surface area contributed by atoms with Gasteiger partial charge in [-0.3, -0.25) is 0 Å². The van der Waals surface area contributed by atoms with E-state index in [1.54, 1.807) is 6.20 Å². The number of carbonyl (C=O) groups is 1. The number of hydrogen-bond acceptors (Lipinski definition) is 3. The predicted molar refractivity (Wildman–Crippen MR) is 113 cm³/mol. The number of nitrogens with zero attached hydrogens (tertiary/aromatic N) is 2. The van der Waals surface area contributed by atoms with Gasteiger partial charge in [0.15, 0.2) is 6.54 Å². The van der Waals surface area contributed by atoms with Crippen LogP contribution in [0.1, 0.15) is 84.0 Å². The standard InChI is InChI=1S/C22H39N3O2/c1-2-3-4-5-6-7-8-9-10-11-12-13-14-15-21-24-17-19-25(21,18-16-23)20-22(26)27/h6-7,17,19H,2-5,8-16,18,20,23H2,1H3/p+1/b7-6+. The van der Waals surface area contributed by atoms with Crippen molar-refractivity contribution >= 4 is 11.8 Å². The summed E-state index contributed by atoms with van der Waals surface area (Å²) in [5.74, 6) is 0.151. The highest BCUT2D eigenvalue weighted by Crippen LogP contribution is 2.21. The molecule has 1 aliphatic heterocycles. The number of allylic oxidation sites excluding steroid dienone is 2. The molecule has 0 fully saturated rings. The van der Waals surface area contributed by atoms with Crippen molar-refractivity contribution in [2.75, 3.05) is 19.6 Å². The molecule has 5 nitrogen and oxygen atoms in total. The summed E-state index contributed by atoms with van der Waals surface area (Å²) in [5, 5.41) is 9.22. The summed E-state index contributed by atoms with van der Waals surface area (Å²) < 4.78 is 0.302. The maximum absolute atomic E-state index is 11.2. The Labute approximate surface area is 165 Å². The first kappa shape index (κ1) is 23.6. The van der Waals surface area contributed by atoms with Crippen LogP contribution in [0.3, 0.4) is 0 Å². The van der Waals surface area contributed by atoms with E-state index in [0.29, 0.717) is 17.6 Å². The van der Waals surface area contributed by atoms with Crippen molar-refractivity contribution in [3.05, 3.63) is 24.6 Å². The van der Waals surface area contributed by atoms with Gasteiger partial charge in [0.25, 0.3) is 0 Å². The highest BCUT2D eigenvalue weighted by Gasteiger charge is 2.36. The van der Waals surface area contributed by atoms with E-state index in [-0.39, 0.29) is 6.54 Å². The molecule has 0 radical (unpaired) electrons. The highest BCUT2D eigenvalue weighted by atomic mass is 16.4. The normalized spacial score (nSPS) is 19.1. The van der Waals surface area contributed by atoms with Gasteiger partial charge in [-0.15, -0.1) is 0 Å². The summed E-state index contributed by atoms with van der Waals surface area (Å²) in [6, 6.07) is 0. The third-order valence-electron chi connectivity index (χ3n) is 5.20. The van der Waals surface area contributed by atoms with Gasteiger partial charge in [-0.1, -0.05) is 57.6 Å². The van der Waals surface area contributed by atoms with Gasteiger partial charge in [0.2, 0.25) is 5.84 Å². The third kappa shape index (κ3) is 9.87. The Hall–Kier alpha value is -1.46. The van der Waals surface area contributed by atoms with Crippen molar-refractivity contribution in [2.24, 2.45) is 10.7 Å². The van der Waals surface area contributed by atoms with Crippen LogP contribution in [0.2, 0.25) is 0 Å². The summed E-state index contributed by atoms with van der Waals surface area (Å²) >= 11 is 0. The van der Waals surface area contributed by atoms with Crippen LogP contribution in [0.5, 0.6) is 0 Å². The van der Waals surface area contributed by atoms with Crippen molar-refractivity contribution in [1.82, 2.24) is 0 Å². The molecule has 1 atom stereocenters. The average Bonchev–Trinajstić information content (AvgIpc) is 3.00. The minimum Gasteiger partial charge on any atom is -0.477 e. The molecule has 0 aliphatic carbocycles. The number of aliphatic carboxylic acids is 1. The second kappa shape index (κ2) is 14.6. The molecule has 0 aromatic carbocycles. The zero-order chi connectivity index (χ0) is 19.8. The van der Waals surface area contributed by atoms with Gasteiger partial charge in [0.1, 0.15) is 12.7 Å². The molecule has 1 unspecified atom stereocenters. The fourth-order valence-corrected chi connectivity index (χ4v) is 3.63. The molecule has 0 spiro atoms. The van der Waals surface area contributed by atoms with Gasteiger partial charge >= 0.3 is 5.97 Å². The summed E-state index contributed by atoms with van der Waals surface area (Å²) in [7, 11) is 0. The van der Waals surface area contributed by atoms with E-state index in [1.807, 2.05) is 6.20 Å². The molecule has 0 saturated heterocycles. The molecule has 0 saturated carbocycles. The lowest BCUT2D eigenvalue weighted by Crippen LogP contribution is -2.52. The fraction of sp³-hybridized carbons (Fsp3) is 0.727. The molecule has 0 aromatic heterocycles. The van der Waals surface area contributed by atoms with Crippen molar-refractivity contribution in [2.45, 2.75) is 84.0 Å². The van der Waals surface area contributed by atoms with Crippen molar-refractivity contribution in [1.29, 1.82) is 0 Å². The van der Waals surface area contributed by atoms with E-state index in [1.165, 1.54) is 64.2 Å². The van der Waals surface area contributed by atoms with Crippen LogP contribution in [0.25, 0.3) is 0 Å². The van der Waals surface area contributed by atoms with Crippen LogP contribution in [0.4, 0.5) is 0 Å². The predicted octanol–water partition coefficient (Wildman–Crippen LogP) is 4.99. The minimum absolute atomic E-state index is 0.0402. The molecule has 27 heavy (non-hydrogen) atoms. The van der Waals surface area contributed by atoms with Crippen LogP contribution in [0, 0.1) is 0 Å². The van der Waals surface area contributed by atoms with Gasteiger partial charge in [0.05, 0.1) is 6.20 Å². The van der Waals surface area contributed by atoms with Gasteiger partial charge in [0, 0.05) is 13.0 Å². The van der Waals surface area contributed by atoms with Crippen LogP contribution in [-0.2, 0) is 4.79 Å². The Morgan fingerprint density at radius 3 is 2.33 bits per heavy atom. The van der Waals surface area contributed by atoms with E-state index >= 15 is 0 Å². The lowest BCUT2D eigenvalue weighted by molar-refractivity contribution is -0.778. The van der Waals surface area contributed by atoms with E-state index in [2.05, 4.69) is 24.1 Å². The molecular weight excluding hydrogens is 338 g/mol. The average molecular weight is 379 g/mol. The van der Waals surface area contributed by atoms with Gasteiger partial charge in [-0.2, -0.15) is 0 Å². The zero-order valence-corrected chi connectivity index (χ0v) is 17.2. The monoisotopic (exact) mass is 378 g/mol. The number of carboxylic acids is 1. The van der Waals surface area contributed by atoms with Crippen LogP contribution in [-0.4, -0.2) is 41.0 Å². The number of hydrogen-bond donors (Lipinski definition) is 2. The van der Waals surface area contributed by atoms with E-state index in [9.17, 15) is 9.90 Å². The molecule has 154 valence electrons. The Morgan fingerprint density at radius 1 is 1.07 bits per heavy atom. The molecule has 3 N–H and O–H groups in total. The van der Waals surface area contributed by atoms with Gasteiger partial charge < -0.3 is 10.8 Å². The topological polar surface area (TPSA) is 75.7 Å². The second-order valence-corrected chi connectivity index (χ2v) is 7.57. The molecule has 0 bridgehead atoms. The Kier molecular flexibility index (Phi) is 12.7. The van der Waals surface area contributed by atoms with E-state index in [0.717, 1.165) is 18.7 Å². The summed E-state index contributed by atoms with van der Waals surface area (Å²) in [4.78, 5) is 15.7. The Bertz CT molecular complexity index is 500. The van der Waals surface area contributed by atoms with Crippen molar-refractivity contribution < 1.29 is 14.4 Å². The summed E-state index contributed by atoms with van der Waals surface area (Å²) in [5.41, 5.74) is 5.70. The number of unbranched alkanes of at least 4 members (excludes halogenated alkanes) is 9. The number of rotatable bonds is 17. The van der Waals surface area contributed by atoms with Crippen LogP contribution < -0.4 is 5.73 Å².